The van der Waals surface area contributed by atoms with Crippen LogP contribution in [-0.2, 0) is 9.84 Å². The molecule has 2 atom stereocenters. The van der Waals surface area contributed by atoms with Gasteiger partial charge in [-0.2, -0.15) is 0 Å². The first-order valence-corrected chi connectivity index (χ1v) is 8.44. The number of hydrogen-bond acceptors (Lipinski definition) is 3. The second-order valence-corrected chi connectivity index (χ2v) is 7.21. The molecule has 0 saturated carbocycles. The molecule has 20 heavy (non-hydrogen) atoms. The van der Waals surface area contributed by atoms with Gasteiger partial charge in [0.1, 0.15) is 16.5 Å². The van der Waals surface area contributed by atoms with Crippen LogP contribution in [0.3, 0.4) is 0 Å². The molecule has 0 fully saturated rings. The lowest BCUT2D eigenvalue weighted by molar-refractivity contribution is 0.477. The van der Waals surface area contributed by atoms with Crippen molar-refractivity contribution in [3.63, 3.8) is 0 Å². The van der Waals surface area contributed by atoms with Crippen LogP contribution in [0.25, 0.3) is 0 Å². The zero-order valence-electron chi connectivity index (χ0n) is 11.6. The van der Waals surface area contributed by atoms with Gasteiger partial charge in [0, 0.05) is 6.07 Å². The van der Waals surface area contributed by atoms with E-state index in [9.17, 15) is 17.2 Å². The number of fused-ring (bicyclic) bond motifs is 1. The Kier molecular flexibility index (Phi) is 4.44. The molecular weight excluding hydrogens is 284 g/mol. The van der Waals surface area contributed by atoms with Crippen molar-refractivity contribution < 1.29 is 17.2 Å². The molecule has 0 amide bonds. The third-order valence-electron chi connectivity index (χ3n) is 3.61. The van der Waals surface area contributed by atoms with Crippen molar-refractivity contribution >= 4 is 9.84 Å². The van der Waals surface area contributed by atoms with Crippen molar-refractivity contribution in [2.75, 3.05) is 6.54 Å². The van der Waals surface area contributed by atoms with E-state index >= 15 is 0 Å². The second kappa shape index (κ2) is 5.77. The summed E-state index contributed by atoms with van der Waals surface area (Å²) in [5, 5.41) is 2.40. The predicted molar refractivity (Wildman–Crippen MR) is 73.3 cm³/mol. The van der Waals surface area contributed by atoms with Gasteiger partial charge in [-0.1, -0.05) is 20.3 Å². The second-order valence-electron chi connectivity index (χ2n) is 5.11. The molecule has 1 aromatic rings. The van der Waals surface area contributed by atoms with Crippen molar-refractivity contribution in [3.05, 3.63) is 29.3 Å². The van der Waals surface area contributed by atoms with Crippen molar-refractivity contribution in [1.82, 2.24) is 5.32 Å². The lowest BCUT2D eigenvalue weighted by atomic mass is 10.0. The van der Waals surface area contributed by atoms with E-state index in [1.165, 1.54) is 0 Å². The molecule has 3 nitrogen and oxygen atoms in total. The lowest BCUT2D eigenvalue weighted by Gasteiger charge is -2.20. The maximum absolute atomic E-state index is 13.9. The minimum absolute atomic E-state index is 0.231. The Balaban J connectivity index is 2.56. The molecule has 2 rings (SSSR count). The minimum atomic E-state index is -3.74. The highest BCUT2D eigenvalue weighted by Gasteiger charge is 2.46. The molecule has 0 bridgehead atoms. The molecule has 2 unspecified atom stereocenters. The highest BCUT2D eigenvalue weighted by Crippen LogP contribution is 2.42. The standard InChI is InChI=1S/C14H19F2NO2S/c1-3-5-12-13(17-6-4-2)10-7-9(15)8-11(16)14(10)20(12,18)19/h7-8,12-13,17H,3-6H2,1-2H3. The monoisotopic (exact) mass is 303 g/mol. The van der Waals surface area contributed by atoms with E-state index < -0.39 is 32.8 Å². The summed E-state index contributed by atoms with van der Waals surface area (Å²) in [7, 11) is -3.74. The van der Waals surface area contributed by atoms with Gasteiger partial charge in [0.25, 0.3) is 0 Å². The van der Waals surface area contributed by atoms with Crippen LogP contribution in [-0.4, -0.2) is 20.2 Å². The van der Waals surface area contributed by atoms with Gasteiger partial charge >= 0.3 is 0 Å². The average Bonchev–Trinajstić information content (AvgIpc) is 2.56. The fourth-order valence-corrected chi connectivity index (χ4v) is 5.08. The smallest absolute Gasteiger partial charge is 0.186 e. The number of benzene rings is 1. The number of sulfone groups is 1. The van der Waals surface area contributed by atoms with Crippen LogP contribution in [0.1, 0.15) is 44.7 Å². The van der Waals surface area contributed by atoms with Crippen LogP contribution in [0.2, 0.25) is 0 Å². The Labute approximate surface area is 118 Å². The van der Waals surface area contributed by atoms with Crippen molar-refractivity contribution in [3.8, 4) is 0 Å². The minimum Gasteiger partial charge on any atom is -0.309 e. The fraction of sp³-hybridized carbons (Fsp3) is 0.571. The number of nitrogens with one attached hydrogen (secondary N) is 1. The van der Waals surface area contributed by atoms with Gasteiger partial charge in [0.15, 0.2) is 9.84 Å². The quantitative estimate of drug-likeness (QED) is 0.851. The summed E-state index contributed by atoms with van der Waals surface area (Å²) in [6.45, 7) is 4.45. The first-order valence-electron chi connectivity index (χ1n) is 6.89. The molecule has 1 aromatic carbocycles. The molecule has 1 heterocycles. The maximum Gasteiger partial charge on any atom is 0.186 e. The first kappa shape index (κ1) is 15.4. The Bertz CT molecular complexity index is 601. The molecular formula is C14H19F2NO2S. The van der Waals surface area contributed by atoms with Crippen molar-refractivity contribution in [1.29, 1.82) is 0 Å². The van der Waals surface area contributed by atoms with Crippen LogP contribution in [0.5, 0.6) is 0 Å². The Morgan fingerprint density at radius 2 is 1.90 bits per heavy atom. The summed E-state index contributed by atoms with van der Waals surface area (Å²) in [4.78, 5) is -0.328. The van der Waals surface area contributed by atoms with Gasteiger partial charge in [0.05, 0.1) is 11.3 Å². The van der Waals surface area contributed by atoms with Crippen LogP contribution >= 0.6 is 0 Å². The molecule has 0 aliphatic carbocycles. The lowest BCUT2D eigenvalue weighted by Crippen LogP contribution is -2.32. The molecule has 1 N–H and O–H groups in total. The molecule has 0 saturated heterocycles. The van der Waals surface area contributed by atoms with Crippen molar-refractivity contribution in [2.45, 2.75) is 49.3 Å². The van der Waals surface area contributed by atoms with Crippen LogP contribution in [0.15, 0.2) is 17.0 Å². The van der Waals surface area contributed by atoms with Crippen molar-refractivity contribution in [2.24, 2.45) is 0 Å². The molecule has 0 radical (unpaired) electrons. The van der Waals surface area contributed by atoms with Crippen LogP contribution < -0.4 is 5.32 Å². The summed E-state index contributed by atoms with van der Waals surface area (Å²) in [6.07, 6.45) is 1.92. The number of halogens is 2. The Morgan fingerprint density at radius 1 is 1.20 bits per heavy atom. The van der Waals surface area contributed by atoms with Gasteiger partial charge in [-0.15, -0.1) is 0 Å². The summed E-state index contributed by atoms with van der Waals surface area (Å²) in [5.41, 5.74) is 0.231. The normalized spacial score (nSPS) is 23.8. The zero-order valence-corrected chi connectivity index (χ0v) is 12.4. The molecule has 6 heteroatoms. The Hall–Kier alpha value is -1.01. The molecule has 1 aliphatic heterocycles. The summed E-state index contributed by atoms with van der Waals surface area (Å²) in [5.74, 6) is -1.72. The van der Waals surface area contributed by atoms with E-state index in [4.69, 9.17) is 0 Å². The van der Waals surface area contributed by atoms with Gasteiger partial charge in [-0.05, 0) is 31.0 Å². The third kappa shape index (κ3) is 2.46. The van der Waals surface area contributed by atoms with E-state index in [-0.39, 0.29) is 10.5 Å². The topological polar surface area (TPSA) is 46.2 Å². The summed E-state index contributed by atoms with van der Waals surface area (Å²) in [6, 6.07) is 1.25. The van der Waals surface area contributed by atoms with Crippen LogP contribution in [0, 0.1) is 11.6 Å². The largest absolute Gasteiger partial charge is 0.309 e. The highest BCUT2D eigenvalue weighted by molar-refractivity contribution is 7.92. The SMILES string of the molecule is CCCNC1c2cc(F)cc(F)c2S(=O)(=O)C1CCC. The van der Waals surface area contributed by atoms with E-state index in [2.05, 4.69) is 5.32 Å². The third-order valence-corrected chi connectivity index (χ3v) is 5.92. The van der Waals surface area contributed by atoms with Gasteiger partial charge in [0.2, 0.25) is 0 Å². The number of rotatable bonds is 5. The van der Waals surface area contributed by atoms with E-state index in [1.54, 1.807) is 0 Å². The highest BCUT2D eigenvalue weighted by atomic mass is 32.2. The predicted octanol–water partition coefficient (Wildman–Crippen LogP) is 2.96. The molecule has 1 aliphatic rings. The summed E-state index contributed by atoms with van der Waals surface area (Å²) < 4.78 is 52.3. The van der Waals surface area contributed by atoms with Gasteiger partial charge in [-0.25, -0.2) is 17.2 Å². The van der Waals surface area contributed by atoms with E-state index in [0.717, 1.165) is 12.5 Å². The summed E-state index contributed by atoms with van der Waals surface area (Å²) >= 11 is 0. The van der Waals surface area contributed by atoms with E-state index in [0.29, 0.717) is 25.5 Å². The fourth-order valence-electron chi connectivity index (χ4n) is 2.79. The zero-order chi connectivity index (χ0) is 14.9. The number of hydrogen-bond donors (Lipinski definition) is 1. The average molecular weight is 303 g/mol. The molecule has 0 aromatic heterocycles. The van der Waals surface area contributed by atoms with Gasteiger partial charge < -0.3 is 5.32 Å². The first-order chi connectivity index (χ1) is 9.43. The van der Waals surface area contributed by atoms with Gasteiger partial charge in [-0.3, -0.25) is 0 Å². The molecule has 0 spiro atoms. The Morgan fingerprint density at radius 3 is 2.50 bits per heavy atom. The molecule has 112 valence electrons. The van der Waals surface area contributed by atoms with Crippen LogP contribution in [0.4, 0.5) is 8.78 Å². The van der Waals surface area contributed by atoms with E-state index in [1.807, 2.05) is 13.8 Å². The maximum atomic E-state index is 13.9.